The lowest BCUT2D eigenvalue weighted by molar-refractivity contribution is -0.137. The Morgan fingerprint density at radius 1 is 1.06 bits per heavy atom. The molecule has 1 aromatic carbocycles. The Hall–Kier alpha value is -4.00. The number of halogens is 3. The summed E-state index contributed by atoms with van der Waals surface area (Å²) in [4.78, 5) is 29.6. The molecule has 3 aromatic heterocycles. The van der Waals surface area contributed by atoms with Crippen molar-refractivity contribution in [3.63, 3.8) is 0 Å². The van der Waals surface area contributed by atoms with Crippen molar-refractivity contribution in [2.24, 2.45) is 0 Å². The summed E-state index contributed by atoms with van der Waals surface area (Å²) < 4.78 is 42.2. The van der Waals surface area contributed by atoms with Gasteiger partial charge in [0, 0.05) is 5.69 Å². The van der Waals surface area contributed by atoms with Crippen LogP contribution < -0.4 is 10.9 Å². The van der Waals surface area contributed by atoms with Gasteiger partial charge in [-0.1, -0.05) is 12.1 Å². The van der Waals surface area contributed by atoms with Crippen LogP contribution in [0.5, 0.6) is 0 Å². The summed E-state index contributed by atoms with van der Waals surface area (Å²) in [6.07, 6.45) is -4.55. The van der Waals surface area contributed by atoms with E-state index in [1.165, 1.54) is 28.2 Å². The number of thiophene rings is 1. The van der Waals surface area contributed by atoms with Gasteiger partial charge in [0.05, 0.1) is 21.8 Å². The van der Waals surface area contributed by atoms with Gasteiger partial charge in [-0.2, -0.15) is 18.3 Å². The van der Waals surface area contributed by atoms with E-state index in [0.717, 1.165) is 28.2 Å². The predicted molar refractivity (Wildman–Crippen MR) is 117 cm³/mol. The first-order valence-electron chi connectivity index (χ1n) is 9.90. The normalized spacial score (nSPS) is 11.4. The molecule has 0 aliphatic rings. The third-order valence-corrected chi connectivity index (χ3v) is 5.55. The van der Waals surface area contributed by atoms with Crippen molar-refractivity contribution in [2.75, 3.05) is 0 Å². The number of hydrogen-bond acceptors (Lipinski definition) is 6. The third kappa shape index (κ3) is 4.98. The van der Waals surface area contributed by atoms with E-state index >= 15 is 0 Å². The molecule has 0 aliphatic carbocycles. The zero-order valence-electron chi connectivity index (χ0n) is 17.9. The minimum atomic E-state index is -4.55. The number of benzene rings is 1. The van der Waals surface area contributed by atoms with Gasteiger partial charge in [0.25, 0.3) is 5.91 Å². The summed E-state index contributed by atoms with van der Waals surface area (Å²) >= 11 is 1.29. The summed E-state index contributed by atoms with van der Waals surface area (Å²) in [5.41, 5.74) is 5.24. The highest BCUT2D eigenvalue weighted by Gasteiger charge is 2.31. The minimum Gasteiger partial charge on any atom is -0.271 e. The first-order chi connectivity index (χ1) is 16.1. The first kappa shape index (κ1) is 23.2. The highest BCUT2D eigenvalue weighted by Crippen LogP contribution is 2.32. The molecule has 4 rings (SSSR count). The molecule has 34 heavy (non-hydrogen) atoms. The lowest BCUT2D eigenvalue weighted by Crippen LogP contribution is -2.43. The van der Waals surface area contributed by atoms with Gasteiger partial charge in [0.2, 0.25) is 5.82 Å². The number of aryl methyl sites for hydroxylation is 2. The Morgan fingerprint density at radius 2 is 1.85 bits per heavy atom. The molecule has 0 aliphatic heterocycles. The van der Waals surface area contributed by atoms with E-state index in [1.807, 2.05) is 6.07 Å². The first-order valence-corrected chi connectivity index (χ1v) is 10.8. The number of carbonyl (C=O) groups excluding carboxylic acids is 2. The van der Waals surface area contributed by atoms with Crippen LogP contribution >= 0.6 is 11.3 Å². The van der Waals surface area contributed by atoms with Crippen LogP contribution in [0.15, 0.2) is 47.8 Å². The van der Waals surface area contributed by atoms with Gasteiger partial charge in [-0.3, -0.25) is 25.1 Å². The van der Waals surface area contributed by atoms with E-state index in [1.54, 1.807) is 31.4 Å². The Labute approximate surface area is 195 Å². The van der Waals surface area contributed by atoms with E-state index < -0.39 is 23.6 Å². The average Bonchev–Trinajstić information content (AvgIpc) is 3.51. The van der Waals surface area contributed by atoms with E-state index in [0.29, 0.717) is 4.88 Å². The fourth-order valence-corrected chi connectivity index (χ4v) is 3.86. The molecular weight excluding hydrogens is 471 g/mol. The Balaban J connectivity index is 1.56. The molecule has 0 atom stereocenters. The number of nitrogens with zero attached hydrogens (tertiary/aromatic N) is 5. The molecule has 2 N–H and O–H groups in total. The quantitative estimate of drug-likeness (QED) is 0.419. The highest BCUT2D eigenvalue weighted by atomic mass is 32.1. The molecule has 0 radical (unpaired) electrons. The van der Waals surface area contributed by atoms with Gasteiger partial charge in [0.1, 0.15) is 6.54 Å². The van der Waals surface area contributed by atoms with Crippen LogP contribution in [0.4, 0.5) is 13.2 Å². The van der Waals surface area contributed by atoms with Crippen molar-refractivity contribution in [1.82, 2.24) is 35.4 Å². The van der Waals surface area contributed by atoms with Crippen molar-refractivity contribution >= 4 is 23.2 Å². The number of amides is 2. The monoisotopic (exact) mass is 489 g/mol. The summed E-state index contributed by atoms with van der Waals surface area (Å²) in [6, 6.07) is 9.79. The van der Waals surface area contributed by atoms with Crippen molar-refractivity contribution < 1.29 is 22.8 Å². The lowest BCUT2D eigenvalue weighted by atomic mass is 10.2. The molecule has 0 spiro atoms. The van der Waals surface area contributed by atoms with Crippen LogP contribution in [0, 0.1) is 13.8 Å². The van der Waals surface area contributed by atoms with Crippen LogP contribution in [-0.4, -0.2) is 36.4 Å². The van der Waals surface area contributed by atoms with E-state index in [2.05, 4.69) is 26.0 Å². The smallest absolute Gasteiger partial charge is 0.271 e. The van der Waals surface area contributed by atoms with E-state index in [-0.39, 0.29) is 23.9 Å². The fraction of sp³-hybridized carbons (Fsp3) is 0.190. The number of aromatic nitrogens is 5. The van der Waals surface area contributed by atoms with Crippen molar-refractivity contribution in [2.45, 2.75) is 26.6 Å². The maximum atomic E-state index is 13.2. The minimum absolute atomic E-state index is 0.0818. The van der Waals surface area contributed by atoms with E-state index in [4.69, 9.17) is 0 Å². The number of nitrogens with one attached hydrogen (secondary N) is 2. The molecule has 176 valence electrons. The highest BCUT2D eigenvalue weighted by molar-refractivity contribution is 7.13. The second-order valence-electron chi connectivity index (χ2n) is 7.28. The number of carbonyl (C=O) groups is 2. The number of rotatable bonds is 5. The molecule has 0 fully saturated rings. The summed E-state index contributed by atoms with van der Waals surface area (Å²) in [7, 11) is 0. The van der Waals surface area contributed by atoms with Crippen LogP contribution in [0.25, 0.3) is 16.4 Å². The molecule has 4 aromatic rings. The average molecular weight is 489 g/mol. The summed E-state index contributed by atoms with van der Waals surface area (Å²) in [5, 5.41) is 10.0. The Bertz CT molecular complexity index is 1340. The SMILES string of the molecule is Cc1cc(C)n(CC(=O)NNC(=O)c2nc(-c3cccs3)n(-c3cccc(C(F)(F)F)c3)n2)n1. The second kappa shape index (κ2) is 9.09. The number of alkyl halides is 3. The number of hydrogen-bond donors (Lipinski definition) is 2. The molecule has 13 heteroatoms. The lowest BCUT2D eigenvalue weighted by Gasteiger charge is -2.09. The number of hydrazine groups is 1. The van der Waals surface area contributed by atoms with Gasteiger partial charge in [-0.05, 0) is 49.6 Å². The molecule has 9 nitrogen and oxygen atoms in total. The summed E-state index contributed by atoms with van der Waals surface area (Å²) in [6.45, 7) is 3.47. The van der Waals surface area contributed by atoms with Crippen molar-refractivity contribution in [3.8, 4) is 16.4 Å². The molecule has 0 bridgehead atoms. The predicted octanol–water partition coefficient (Wildman–Crippen LogP) is 3.29. The zero-order valence-corrected chi connectivity index (χ0v) is 18.7. The summed E-state index contributed by atoms with van der Waals surface area (Å²) in [5.74, 6) is -1.50. The maximum Gasteiger partial charge on any atom is 0.416 e. The zero-order chi connectivity index (χ0) is 24.5. The molecule has 0 saturated carbocycles. The van der Waals surface area contributed by atoms with Gasteiger partial charge < -0.3 is 0 Å². The van der Waals surface area contributed by atoms with Gasteiger partial charge in [-0.25, -0.2) is 9.67 Å². The van der Waals surface area contributed by atoms with Crippen LogP contribution in [0.3, 0.4) is 0 Å². The van der Waals surface area contributed by atoms with Crippen LogP contribution in [0.1, 0.15) is 27.6 Å². The standard InChI is InChI=1S/C21H18F3N7O2S/c1-12-9-13(2)30(28-12)11-17(32)26-27-20(33)18-25-19(16-7-4-8-34-16)31(29-18)15-6-3-5-14(10-15)21(22,23)24/h3-10H,11H2,1-2H3,(H,26,32)(H,27,33). The van der Waals surface area contributed by atoms with Crippen molar-refractivity contribution in [1.29, 1.82) is 0 Å². The van der Waals surface area contributed by atoms with Crippen LogP contribution in [0.2, 0.25) is 0 Å². The maximum absolute atomic E-state index is 13.2. The molecular formula is C21H18F3N7O2S. The van der Waals surface area contributed by atoms with E-state index in [9.17, 15) is 22.8 Å². The third-order valence-electron chi connectivity index (χ3n) is 4.68. The fourth-order valence-electron chi connectivity index (χ4n) is 3.16. The second-order valence-corrected chi connectivity index (χ2v) is 8.23. The Kier molecular flexibility index (Phi) is 6.20. The van der Waals surface area contributed by atoms with Crippen molar-refractivity contribution in [3.05, 3.63) is 70.6 Å². The molecule has 0 saturated heterocycles. The van der Waals surface area contributed by atoms with Gasteiger partial charge >= 0.3 is 12.1 Å². The molecule has 3 heterocycles. The Morgan fingerprint density at radius 3 is 2.50 bits per heavy atom. The topological polar surface area (TPSA) is 107 Å². The van der Waals surface area contributed by atoms with Crippen LogP contribution in [-0.2, 0) is 17.5 Å². The van der Waals surface area contributed by atoms with Gasteiger partial charge in [0.15, 0.2) is 5.82 Å². The largest absolute Gasteiger partial charge is 0.416 e. The molecule has 0 unspecified atom stereocenters. The van der Waals surface area contributed by atoms with Gasteiger partial charge in [-0.15, -0.1) is 16.4 Å². The molecule has 2 amide bonds.